The van der Waals surface area contributed by atoms with E-state index in [1.165, 1.54) is 0 Å². The van der Waals surface area contributed by atoms with Gasteiger partial charge in [0.1, 0.15) is 5.58 Å². The lowest BCUT2D eigenvalue weighted by molar-refractivity contribution is 0.0903. The molecule has 1 saturated heterocycles. The first kappa shape index (κ1) is 15.4. The molecule has 1 fully saturated rings. The molecule has 1 amide bonds. The normalized spacial score (nSPS) is 15.8. The molecule has 1 aromatic heterocycles. The van der Waals surface area contributed by atoms with Crippen LogP contribution in [0.4, 0.5) is 0 Å². The fourth-order valence-electron chi connectivity index (χ4n) is 2.35. The van der Waals surface area contributed by atoms with E-state index in [1.807, 2.05) is 18.2 Å². The molecule has 4 nitrogen and oxygen atoms in total. The standard InChI is InChI=1S/C14H15BrN2O2.ClH/c15-10-1-2-12-9(7-10)8-13(19-12)14(18)17-11-3-5-16-6-4-11;/h1-2,7-8,11,16H,3-6H2,(H,17,18);1H. The van der Waals surface area contributed by atoms with Gasteiger partial charge in [0.05, 0.1) is 0 Å². The minimum Gasteiger partial charge on any atom is -0.451 e. The first-order chi connectivity index (χ1) is 9.22. The highest BCUT2D eigenvalue weighted by Crippen LogP contribution is 2.23. The number of carbonyl (C=O) groups is 1. The van der Waals surface area contributed by atoms with Gasteiger partial charge in [-0.25, -0.2) is 0 Å². The zero-order chi connectivity index (χ0) is 13.2. The summed E-state index contributed by atoms with van der Waals surface area (Å²) in [6.07, 6.45) is 1.94. The summed E-state index contributed by atoms with van der Waals surface area (Å²) in [6.45, 7) is 1.91. The van der Waals surface area contributed by atoms with Crippen molar-refractivity contribution in [1.82, 2.24) is 10.6 Å². The Hall–Kier alpha value is -1.04. The van der Waals surface area contributed by atoms with E-state index in [0.717, 1.165) is 41.4 Å². The molecule has 0 aliphatic carbocycles. The van der Waals surface area contributed by atoms with Gasteiger partial charge in [-0.2, -0.15) is 0 Å². The molecule has 2 N–H and O–H groups in total. The van der Waals surface area contributed by atoms with E-state index in [-0.39, 0.29) is 24.4 Å². The van der Waals surface area contributed by atoms with Gasteiger partial charge in [-0.1, -0.05) is 15.9 Å². The Balaban J connectivity index is 0.00000147. The number of piperidine rings is 1. The number of furan rings is 1. The Morgan fingerprint density at radius 3 is 2.80 bits per heavy atom. The fraction of sp³-hybridized carbons (Fsp3) is 0.357. The highest BCUT2D eigenvalue weighted by molar-refractivity contribution is 9.10. The summed E-state index contributed by atoms with van der Waals surface area (Å²) in [5.41, 5.74) is 0.735. The molecular formula is C14H16BrClN2O2. The lowest BCUT2D eigenvalue weighted by atomic mass is 10.1. The molecule has 0 saturated carbocycles. The fourth-order valence-corrected chi connectivity index (χ4v) is 2.73. The second-order valence-electron chi connectivity index (χ2n) is 4.79. The van der Waals surface area contributed by atoms with Crippen LogP contribution in [0, 0.1) is 0 Å². The van der Waals surface area contributed by atoms with Crippen molar-refractivity contribution in [3.05, 3.63) is 34.5 Å². The molecule has 1 aliphatic heterocycles. The van der Waals surface area contributed by atoms with Crippen LogP contribution in [0.5, 0.6) is 0 Å². The largest absolute Gasteiger partial charge is 0.451 e. The van der Waals surface area contributed by atoms with Crippen LogP contribution in [0.3, 0.4) is 0 Å². The maximum atomic E-state index is 12.1. The third-order valence-corrected chi connectivity index (χ3v) is 3.87. The van der Waals surface area contributed by atoms with Crippen molar-refractivity contribution < 1.29 is 9.21 Å². The lowest BCUT2D eigenvalue weighted by Crippen LogP contribution is -2.42. The van der Waals surface area contributed by atoms with Gasteiger partial charge in [0.25, 0.3) is 5.91 Å². The van der Waals surface area contributed by atoms with Crippen LogP contribution in [0.1, 0.15) is 23.4 Å². The van der Waals surface area contributed by atoms with Crippen LogP contribution in [0.25, 0.3) is 11.0 Å². The van der Waals surface area contributed by atoms with Crippen LogP contribution in [-0.2, 0) is 0 Å². The van der Waals surface area contributed by atoms with Crippen LogP contribution in [0.2, 0.25) is 0 Å². The molecule has 2 aromatic rings. The summed E-state index contributed by atoms with van der Waals surface area (Å²) in [5, 5.41) is 7.24. The first-order valence-electron chi connectivity index (χ1n) is 6.43. The van der Waals surface area contributed by atoms with Crippen molar-refractivity contribution >= 4 is 45.2 Å². The summed E-state index contributed by atoms with van der Waals surface area (Å²) in [7, 11) is 0. The van der Waals surface area contributed by atoms with Gasteiger partial charge in [0.2, 0.25) is 0 Å². The van der Waals surface area contributed by atoms with Gasteiger partial charge in [-0.3, -0.25) is 4.79 Å². The number of nitrogens with one attached hydrogen (secondary N) is 2. The Bertz CT molecular complexity index is 608. The van der Waals surface area contributed by atoms with E-state index in [1.54, 1.807) is 6.07 Å². The van der Waals surface area contributed by atoms with Gasteiger partial charge < -0.3 is 15.1 Å². The number of hydrogen-bond donors (Lipinski definition) is 2. The average molecular weight is 360 g/mol. The van der Waals surface area contributed by atoms with Crippen molar-refractivity contribution in [2.24, 2.45) is 0 Å². The highest BCUT2D eigenvalue weighted by Gasteiger charge is 2.18. The van der Waals surface area contributed by atoms with E-state index in [2.05, 4.69) is 26.6 Å². The molecule has 0 unspecified atom stereocenters. The predicted octanol–water partition coefficient (Wildman–Crippen LogP) is 3.10. The topological polar surface area (TPSA) is 54.3 Å². The van der Waals surface area contributed by atoms with Crippen LogP contribution >= 0.6 is 28.3 Å². The number of carbonyl (C=O) groups excluding carboxylic acids is 1. The highest BCUT2D eigenvalue weighted by atomic mass is 79.9. The molecule has 0 atom stereocenters. The van der Waals surface area contributed by atoms with Crippen molar-refractivity contribution in [2.75, 3.05) is 13.1 Å². The Morgan fingerprint density at radius 1 is 1.30 bits per heavy atom. The predicted molar refractivity (Wildman–Crippen MR) is 84.5 cm³/mol. The zero-order valence-corrected chi connectivity index (χ0v) is 13.2. The summed E-state index contributed by atoms with van der Waals surface area (Å²) in [4.78, 5) is 12.1. The van der Waals surface area contributed by atoms with Gasteiger partial charge in [-0.05, 0) is 50.2 Å². The minimum atomic E-state index is -0.126. The molecule has 0 bridgehead atoms. The summed E-state index contributed by atoms with van der Waals surface area (Å²) < 4.78 is 6.56. The minimum absolute atomic E-state index is 0. The molecule has 6 heteroatoms. The number of hydrogen-bond acceptors (Lipinski definition) is 3. The SMILES string of the molecule is Cl.O=C(NC1CCNCC1)c1cc2cc(Br)ccc2o1. The number of halogens is 2. The Labute approximate surface area is 131 Å². The van der Waals surface area contributed by atoms with E-state index < -0.39 is 0 Å². The van der Waals surface area contributed by atoms with Gasteiger partial charge >= 0.3 is 0 Å². The molecule has 0 radical (unpaired) electrons. The Morgan fingerprint density at radius 2 is 2.05 bits per heavy atom. The number of benzene rings is 1. The summed E-state index contributed by atoms with van der Waals surface area (Å²) in [5.74, 6) is 0.255. The van der Waals surface area contributed by atoms with E-state index in [0.29, 0.717) is 5.76 Å². The molecule has 2 heterocycles. The van der Waals surface area contributed by atoms with E-state index in [9.17, 15) is 4.79 Å². The van der Waals surface area contributed by atoms with Crippen molar-refractivity contribution in [2.45, 2.75) is 18.9 Å². The summed E-state index contributed by atoms with van der Waals surface area (Å²) in [6, 6.07) is 7.74. The zero-order valence-electron chi connectivity index (χ0n) is 10.8. The smallest absolute Gasteiger partial charge is 0.287 e. The van der Waals surface area contributed by atoms with Crippen LogP contribution in [0.15, 0.2) is 33.2 Å². The molecule has 3 rings (SSSR count). The molecule has 20 heavy (non-hydrogen) atoms. The van der Waals surface area contributed by atoms with Gasteiger partial charge in [0, 0.05) is 15.9 Å². The third-order valence-electron chi connectivity index (χ3n) is 3.38. The molecular weight excluding hydrogens is 344 g/mol. The average Bonchev–Trinajstić information content (AvgIpc) is 2.83. The first-order valence-corrected chi connectivity index (χ1v) is 7.22. The van der Waals surface area contributed by atoms with Crippen molar-refractivity contribution in [3.63, 3.8) is 0 Å². The second-order valence-corrected chi connectivity index (χ2v) is 5.71. The quantitative estimate of drug-likeness (QED) is 0.866. The second kappa shape index (κ2) is 6.61. The van der Waals surface area contributed by atoms with Crippen LogP contribution < -0.4 is 10.6 Å². The molecule has 0 spiro atoms. The van der Waals surface area contributed by atoms with Gasteiger partial charge in [0.15, 0.2) is 5.76 Å². The van der Waals surface area contributed by atoms with Crippen molar-refractivity contribution in [1.29, 1.82) is 0 Å². The number of fused-ring (bicyclic) bond motifs is 1. The third kappa shape index (κ3) is 3.34. The maximum absolute atomic E-state index is 12.1. The number of rotatable bonds is 2. The van der Waals surface area contributed by atoms with Crippen LogP contribution in [-0.4, -0.2) is 25.0 Å². The molecule has 1 aromatic carbocycles. The van der Waals surface area contributed by atoms with Crippen molar-refractivity contribution in [3.8, 4) is 0 Å². The van der Waals surface area contributed by atoms with E-state index in [4.69, 9.17) is 4.42 Å². The summed E-state index contributed by atoms with van der Waals surface area (Å²) >= 11 is 3.41. The molecule has 108 valence electrons. The van der Waals surface area contributed by atoms with E-state index >= 15 is 0 Å². The Kier molecular flexibility index (Phi) is 5.07. The van der Waals surface area contributed by atoms with Gasteiger partial charge in [-0.15, -0.1) is 12.4 Å². The maximum Gasteiger partial charge on any atom is 0.287 e. The number of amides is 1. The monoisotopic (exact) mass is 358 g/mol. The lowest BCUT2D eigenvalue weighted by Gasteiger charge is -2.23. The molecule has 1 aliphatic rings.